The standard InChI is InChI=1S/C11H19N3OS/c1-8(11-14-2-3-16-11)4-13-5-9-6-15-7-10(9)12/h2-3,8-10,13H,4-7,12H2,1H3. The van der Waals surface area contributed by atoms with Gasteiger partial charge in [0.1, 0.15) is 0 Å². The van der Waals surface area contributed by atoms with Gasteiger partial charge in [0, 0.05) is 42.5 Å². The van der Waals surface area contributed by atoms with Crippen LogP contribution in [0.5, 0.6) is 0 Å². The molecule has 3 N–H and O–H groups in total. The molecule has 1 aromatic rings. The summed E-state index contributed by atoms with van der Waals surface area (Å²) in [6.45, 7) is 5.58. The Hall–Kier alpha value is -0.490. The van der Waals surface area contributed by atoms with E-state index in [0.29, 0.717) is 18.4 Å². The largest absolute Gasteiger partial charge is 0.379 e. The highest BCUT2D eigenvalue weighted by Crippen LogP contribution is 2.17. The highest BCUT2D eigenvalue weighted by atomic mass is 32.1. The lowest BCUT2D eigenvalue weighted by atomic mass is 10.0. The monoisotopic (exact) mass is 241 g/mol. The quantitative estimate of drug-likeness (QED) is 0.801. The summed E-state index contributed by atoms with van der Waals surface area (Å²) in [5.74, 6) is 0.932. The molecule has 1 saturated heterocycles. The Morgan fingerprint density at radius 3 is 3.19 bits per heavy atom. The maximum Gasteiger partial charge on any atom is 0.0965 e. The summed E-state index contributed by atoms with van der Waals surface area (Å²) in [4.78, 5) is 4.31. The minimum atomic E-state index is 0.197. The van der Waals surface area contributed by atoms with E-state index in [9.17, 15) is 0 Å². The van der Waals surface area contributed by atoms with E-state index >= 15 is 0 Å². The highest BCUT2D eigenvalue weighted by molar-refractivity contribution is 7.09. The van der Waals surface area contributed by atoms with Crippen LogP contribution < -0.4 is 11.1 Å². The average Bonchev–Trinajstić information content (AvgIpc) is 2.90. The second-order valence-electron chi connectivity index (χ2n) is 4.39. The zero-order chi connectivity index (χ0) is 11.4. The fourth-order valence-electron chi connectivity index (χ4n) is 1.88. The molecule has 1 aliphatic rings. The number of rotatable bonds is 5. The third-order valence-corrected chi connectivity index (χ3v) is 3.98. The van der Waals surface area contributed by atoms with Crippen LogP contribution in [-0.2, 0) is 4.74 Å². The number of nitrogens with zero attached hydrogens (tertiary/aromatic N) is 1. The van der Waals surface area contributed by atoms with Gasteiger partial charge < -0.3 is 15.8 Å². The second-order valence-corrected chi connectivity index (χ2v) is 5.32. The Kier molecular flexibility index (Phi) is 4.29. The van der Waals surface area contributed by atoms with Gasteiger partial charge in [-0.2, -0.15) is 0 Å². The van der Waals surface area contributed by atoms with Crippen LogP contribution in [0.25, 0.3) is 0 Å². The third kappa shape index (κ3) is 3.01. The molecular formula is C11H19N3OS. The van der Waals surface area contributed by atoms with Crippen LogP contribution in [0.15, 0.2) is 11.6 Å². The molecule has 4 nitrogen and oxygen atoms in total. The normalized spacial score (nSPS) is 27.1. The smallest absolute Gasteiger partial charge is 0.0965 e. The zero-order valence-corrected chi connectivity index (χ0v) is 10.4. The fourth-order valence-corrected chi connectivity index (χ4v) is 2.57. The maximum absolute atomic E-state index is 5.92. The van der Waals surface area contributed by atoms with E-state index in [1.54, 1.807) is 11.3 Å². The molecule has 0 aliphatic carbocycles. The molecule has 0 spiro atoms. The summed E-state index contributed by atoms with van der Waals surface area (Å²) >= 11 is 1.71. The molecule has 3 unspecified atom stereocenters. The molecule has 1 aromatic heterocycles. The first kappa shape index (κ1) is 12.0. The molecule has 90 valence electrons. The fraction of sp³-hybridized carbons (Fsp3) is 0.727. The van der Waals surface area contributed by atoms with Crippen LogP contribution in [0.4, 0.5) is 0 Å². The SMILES string of the molecule is CC(CNCC1COCC1N)c1nccs1. The molecule has 0 saturated carbocycles. The first-order chi connectivity index (χ1) is 7.77. The Labute approximate surface area is 100 Å². The zero-order valence-electron chi connectivity index (χ0n) is 9.56. The van der Waals surface area contributed by atoms with Crippen LogP contribution >= 0.6 is 11.3 Å². The number of thiazole rings is 1. The summed E-state index contributed by atoms with van der Waals surface area (Å²) in [6.07, 6.45) is 1.86. The van der Waals surface area contributed by atoms with E-state index in [-0.39, 0.29) is 6.04 Å². The molecule has 3 atom stereocenters. The van der Waals surface area contributed by atoms with Gasteiger partial charge in [-0.1, -0.05) is 6.92 Å². The van der Waals surface area contributed by atoms with Gasteiger partial charge in [-0.3, -0.25) is 0 Å². The lowest BCUT2D eigenvalue weighted by molar-refractivity contribution is 0.184. The molecule has 16 heavy (non-hydrogen) atoms. The Morgan fingerprint density at radius 2 is 2.56 bits per heavy atom. The van der Waals surface area contributed by atoms with E-state index in [4.69, 9.17) is 10.5 Å². The highest BCUT2D eigenvalue weighted by Gasteiger charge is 2.24. The van der Waals surface area contributed by atoms with Gasteiger partial charge >= 0.3 is 0 Å². The van der Waals surface area contributed by atoms with E-state index in [1.807, 2.05) is 11.6 Å². The molecular weight excluding hydrogens is 222 g/mol. The van der Waals surface area contributed by atoms with Gasteiger partial charge in [0.25, 0.3) is 0 Å². The van der Waals surface area contributed by atoms with Crippen molar-refractivity contribution in [2.75, 3.05) is 26.3 Å². The minimum absolute atomic E-state index is 0.197. The Morgan fingerprint density at radius 1 is 1.69 bits per heavy atom. The van der Waals surface area contributed by atoms with Crippen molar-refractivity contribution in [1.29, 1.82) is 0 Å². The van der Waals surface area contributed by atoms with Crippen molar-refractivity contribution in [3.8, 4) is 0 Å². The summed E-state index contributed by atoms with van der Waals surface area (Å²) in [5, 5.41) is 6.67. The summed E-state index contributed by atoms with van der Waals surface area (Å²) < 4.78 is 5.32. The molecule has 5 heteroatoms. The molecule has 2 rings (SSSR count). The average molecular weight is 241 g/mol. The van der Waals surface area contributed by atoms with E-state index < -0.39 is 0 Å². The van der Waals surface area contributed by atoms with Gasteiger partial charge in [0.05, 0.1) is 18.2 Å². The molecule has 2 heterocycles. The van der Waals surface area contributed by atoms with Crippen LogP contribution in [-0.4, -0.2) is 37.3 Å². The summed E-state index contributed by atoms with van der Waals surface area (Å²) in [5.41, 5.74) is 5.92. The minimum Gasteiger partial charge on any atom is -0.379 e. The van der Waals surface area contributed by atoms with E-state index in [2.05, 4.69) is 17.2 Å². The number of hydrogen-bond donors (Lipinski definition) is 2. The number of ether oxygens (including phenoxy) is 1. The molecule has 1 aliphatic heterocycles. The third-order valence-electron chi connectivity index (χ3n) is 2.98. The first-order valence-electron chi connectivity index (χ1n) is 5.71. The summed E-state index contributed by atoms with van der Waals surface area (Å²) in [7, 11) is 0. The van der Waals surface area contributed by atoms with Crippen molar-refractivity contribution in [2.45, 2.75) is 18.9 Å². The van der Waals surface area contributed by atoms with Crippen LogP contribution in [0, 0.1) is 5.92 Å². The molecule has 1 fully saturated rings. The van der Waals surface area contributed by atoms with Crippen LogP contribution in [0.2, 0.25) is 0 Å². The van der Waals surface area contributed by atoms with Gasteiger partial charge in [-0.15, -0.1) is 11.3 Å². The second kappa shape index (κ2) is 5.72. The molecule has 0 radical (unpaired) electrons. The molecule has 0 amide bonds. The first-order valence-corrected chi connectivity index (χ1v) is 6.58. The molecule has 0 aromatic carbocycles. The van der Waals surface area contributed by atoms with Crippen molar-refractivity contribution in [2.24, 2.45) is 11.7 Å². The predicted octanol–water partition coefficient (Wildman–Crippen LogP) is 0.810. The number of aromatic nitrogens is 1. The summed E-state index contributed by atoms with van der Waals surface area (Å²) in [6, 6.07) is 0.197. The number of nitrogens with one attached hydrogen (secondary N) is 1. The van der Waals surface area contributed by atoms with Gasteiger partial charge in [0.2, 0.25) is 0 Å². The van der Waals surface area contributed by atoms with Gasteiger partial charge in [0.15, 0.2) is 0 Å². The topological polar surface area (TPSA) is 60.2 Å². The van der Waals surface area contributed by atoms with E-state index in [0.717, 1.165) is 19.7 Å². The van der Waals surface area contributed by atoms with Crippen molar-refractivity contribution >= 4 is 11.3 Å². The number of nitrogens with two attached hydrogens (primary N) is 1. The maximum atomic E-state index is 5.92. The van der Waals surface area contributed by atoms with Crippen molar-refractivity contribution in [3.05, 3.63) is 16.6 Å². The Balaban J connectivity index is 1.68. The Bertz CT molecular complexity index is 304. The van der Waals surface area contributed by atoms with Crippen LogP contribution in [0.3, 0.4) is 0 Å². The number of hydrogen-bond acceptors (Lipinski definition) is 5. The lowest BCUT2D eigenvalue weighted by Crippen LogP contribution is -2.37. The van der Waals surface area contributed by atoms with Crippen LogP contribution in [0.1, 0.15) is 17.8 Å². The van der Waals surface area contributed by atoms with Gasteiger partial charge in [-0.25, -0.2) is 4.98 Å². The van der Waals surface area contributed by atoms with Crippen molar-refractivity contribution in [1.82, 2.24) is 10.3 Å². The van der Waals surface area contributed by atoms with Crippen molar-refractivity contribution < 1.29 is 4.74 Å². The lowest BCUT2D eigenvalue weighted by Gasteiger charge is -2.15. The van der Waals surface area contributed by atoms with E-state index in [1.165, 1.54) is 5.01 Å². The van der Waals surface area contributed by atoms with Gasteiger partial charge in [-0.05, 0) is 0 Å². The predicted molar refractivity (Wildman–Crippen MR) is 65.7 cm³/mol. The van der Waals surface area contributed by atoms with Crippen molar-refractivity contribution in [3.63, 3.8) is 0 Å². The molecule has 0 bridgehead atoms.